The van der Waals surface area contributed by atoms with Crippen LogP contribution in [-0.2, 0) is 17.9 Å². The van der Waals surface area contributed by atoms with Gasteiger partial charge in [0.05, 0.1) is 6.54 Å². The molecule has 168 valence electrons. The molecule has 1 N–H and O–H groups in total. The summed E-state index contributed by atoms with van der Waals surface area (Å²) < 4.78 is 0. The van der Waals surface area contributed by atoms with Crippen LogP contribution in [0, 0.1) is 0 Å². The van der Waals surface area contributed by atoms with E-state index in [0.717, 1.165) is 38.3 Å². The number of aliphatic imine (C=N–C) groups is 1. The average Bonchev–Trinajstić information content (AvgIpc) is 3.16. The molecule has 0 radical (unpaired) electrons. The third-order valence-corrected chi connectivity index (χ3v) is 6.06. The zero-order valence-electron chi connectivity index (χ0n) is 18.8. The van der Waals surface area contributed by atoms with E-state index < -0.39 is 12.2 Å². The van der Waals surface area contributed by atoms with Crippen molar-refractivity contribution in [2.45, 2.75) is 45.1 Å². The zero-order chi connectivity index (χ0) is 22.5. The number of fused-ring (bicyclic) bond motifs is 1. The van der Waals surface area contributed by atoms with Gasteiger partial charge in [-0.1, -0.05) is 74.0 Å². The van der Waals surface area contributed by atoms with Crippen molar-refractivity contribution in [3.63, 3.8) is 0 Å². The molecule has 2 aliphatic heterocycles. The Balaban J connectivity index is 1.60. The fraction of sp³-hybridized carbons (Fsp3) is 0.400. The molecule has 32 heavy (non-hydrogen) atoms. The van der Waals surface area contributed by atoms with Crippen LogP contribution in [0.4, 0.5) is 4.79 Å². The maximum Gasteiger partial charge on any atom is 0.325 e. The van der Waals surface area contributed by atoms with Gasteiger partial charge in [0.2, 0.25) is 0 Å². The molecule has 2 aliphatic rings. The largest absolute Gasteiger partial charge is 0.344 e. The summed E-state index contributed by atoms with van der Waals surface area (Å²) >= 11 is 0. The number of amides is 3. The first kappa shape index (κ1) is 22.0. The zero-order valence-corrected chi connectivity index (χ0v) is 18.8. The maximum atomic E-state index is 12.7. The van der Waals surface area contributed by atoms with Gasteiger partial charge in [0, 0.05) is 26.7 Å². The van der Waals surface area contributed by atoms with Gasteiger partial charge in [-0.15, -0.1) is 0 Å². The van der Waals surface area contributed by atoms with Gasteiger partial charge in [0.25, 0.3) is 5.91 Å². The highest BCUT2D eigenvalue weighted by molar-refractivity contribution is 6.04. The van der Waals surface area contributed by atoms with Crippen molar-refractivity contribution < 1.29 is 9.59 Å². The van der Waals surface area contributed by atoms with E-state index in [9.17, 15) is 9.59 Å². The highest BCUT2D eigenvalue weighted by atomic mass is 16.2. The highest BCUT2D eigenvalue weighted by Gasteiger charge is 2.48. The summed E-state index contributed by atoms with van der Waals surface area (Å²) in [5, 5.41) is 2.48. The first-order chi connectivity index (χ1) is 15.6. The van der Waals surface area contributed by atoms with E-state index in [-0.39, 0.29) is 11.9 Å². The number of nitrogens with zero attached hydrogens (tertiary/aromatic N) is 4. The minimum Gasteiger partial charge on any atom is -0.344 e. The molecule has 2 atom stereocenters. The number of carbonyl (C=O) groups is 2. The molecule has 1 fully saturated rings. The summed E-state index contributed by atoms with van der Waals surface area (Å²) in [5.74, 6) is 0.614. The quantitative estimate of drug-likeness (QED) is 0.660. The molecule has 1 saturated heterocycles. The average molecular weight is 434 g/mol. The van der Waals surface area contributed by atoms with E-state index in [1.165, 1.54) is 16.0 Å². The lowest BCUT2D eigenvalue weighted by molar-refractivity contribution is -0.127. The van der Waals surface area contributed by atoms with Crippen LogP contribution < -0.4 is 5.32 Å². The molecule has 0 saturated carbocycles. The Morgan fingerprint density at radius 2 is 1.53 bits per heavy atom. The maximum absolute atomic E-state index is 12.7. The molecule has 4 rings (SSSR count). The number of nitrogens with one attached hydrogen (secondary N) is 1. The van der Waals surface area contributed by atoms with Crippen molar-refractivity contribution in [1.82, 2.24) is 20.0 Å². The van der Waals surface area contributed by atoms with Crippen molar-refractivity contribution in [1.29, 1.82) is 0 Å². The van der Waals surface area contributed by atoms with Gasteiger partial charge in [-0.2, -0.15) is 0 Å². The van der Waals surface area contributed by atoms with Crippen molar-refractivity contribution in [2.24, 2.45) is 4.99 Å². The first-order valence-electron chi connectivity index (χ1n) is 11.3. The first-order valence-corrected chi connectivity index (χ1v) is 11.3. The van der Waals surface area contributed by atoms with Crippen LogP contribution in [0.1, 0.15) is 30.9 Å². The van der Waals surface area contributed by atoms with Crippen molar-refractivity contribution in [2.75, 3.05) is 20.1 Å². The van der Waals surface area contributed by atoms with Crippen molar-refractivity contribution >= 4 is 17.8 Å². The van der Waals surface area contributed by atoms with Crippen LogP contribution in [0.2, 0.25) is 0 Å². The Labute approximate surface area is 189 Å². The van der Waals surface area contributed by atoms with Gasteiger partial charge in [-0.3, -0.25) is 15.0 Å². The molecule has 2 heterocycles. The number of likely N-dealkylation sites (N-methyl/N-ethyl adjacent to an activating group) is 1. The molecule has 7 heteroatoms. The van der Waals surface area contributed by atoms with E-state index in [4.69, 9.17) is 4.99 Å². The Kier molecular flexibility index (Phi) is 6.85. The lowest BCUT2D eigenvalue weighted by Gasteiger charge is -2.37. The third-order valence-electron chi connectivity index (χ3n) is 6.06. The summed E-state index contributed by atoms with van der Waals surface area (Å²) in [4.78, 5) is 35.8. The van der Waals surface area contributed by atoms with Crippen LogP contribution in [0.3, 0.4) is 0 Å². The van der Waals surface area contributed by atoms with Crippen LogP contribution in [0.5, 0.6) is 0 Å². The molecule has 2 aromatic carbocycles. The lowest BCUT2D eigenvalue weighted by Crippen LogP contribution is -2.64. The van der Waals surface area contributed by atoms with Gasteiger partial charge in [-0.25, -0.2) is 9.79 Å². The van der Waals surface area contributed by atoms with Gasteiger partial charge in [0.15, 0.2) is 12.2 Å². The van der Waals surface area contributed by atoms with Crippen molar-refractivity contribution in [3.05, 3.63) is 71.8 Å². The molecule has 0 bridgehead atoms. The molecule has 0 spiro atoms. The molecule has 0 aliphatic carbocycles. The summed E-state index contributed by atoms with van der Waals surface area (Å²) in [7, 11) is 1.70. The summed E-state index contributed by atoms with van der Waals surface area (Å²) in [6.45, 7) is 5.03. The van der Waals surface area contributed by atoms with E-state index in [2.05, 4.69) is 70.6 Å². The second kappa shape index (κ2) is 9.96. The van der Waals surface area contributed by atoms with Gasteiger partial charge in [-0.05, 0) is 17.5 Å². The lowest BCUT2D eigenvalue weighted by atomic mass is 10.1. The number of hydrogen-bond acceptors (Lipinski definition) is 5. The number of amidine groups is 1. The molecular weight excluding hydrogens is 402 g/mol. The van der Waals surface area contributed by atoms with Crippen LogP contribution in [-0.4, -0.2) is 64.8 Å². The smallest absolute Gasteiger partial charge is 0.325 e. The molecule has 2 unspecified atom stereocenters. The number of urea groups is 1. The fourth-order valence-electron chi connectivity index (χ4n) is 4.36. The highest BCUT2D eigenvalue weighted by Crippen LogP contribution is 2.25. The minimum atomic E-state index is -0.474. The number of rotatable bonds is 9. The van der Waals surface area contributed by atoms with E-state index in [1.807, 2.05) is 12.1 Å². The molecule has 3 amide bonds. The number of benzene rings is 2. The molecular formula is C25H31N5O2. The molecule has 0 aromatic heterocycles. The standard InChI is InChI=1S/C25H31N5O2/c1-3-4-15-30-21(26-23-22(30)24(31)27-25(32)28(23)2)18-29(16-19-11-7-5-8-12-19)17-20-13-9-6-10-14-20/h5-14,22-23H,3-4,15-18H2,1-2H3,(H,27,31,32). The topological polar surface area (TPSA) is 68.2 Å². The van der Waals surface area contributed by atoms with E-state index >= 15 is 0 Å². The van der Waals surface area contributed by atoms with Crippen LogP contribution >= 0.6 is 0 Å². The fourth-order valence-corrected chi connectivity index (χ4v) is 4.36. The SMILES string of the molecule is CCCCN1C(CN(Cc2ccccc2)Cc2ccccc2)=NC2C1C(=O)NC(=O)N2C. The van der Waals surface area contributed by atoms with Gasteiger partial charge in [0.1, 0.15) is 5.84 Å². The summed E-state index contributed by atoms with van der Waals surface area (Å²) in [6, 6.07) is 19.9. The third kappa shape index (κ3) is 4.83. The van der Waals surface area contributed by atoms with Gasteiger partial charge < -0.3 is 9.80 Å². The van der Waals surface area contributed by atoms with Gasteiger partial charge >= 0.3 is 6.03 Å². The number of unbranched alkanes of at least 4 members (excludes halogenated alkanes) is 1. The summed E-state index contributed by atoms with van der Waals surface area (Å²) in [5.41, 5.74) is 2.45. The van der Waals surface area contributed by atoms with E-state index in [0.29, 0.717) is 6.54 Å². The normalized spacial score (nSPS) is 20.4. The Morgan fingerprint density at radius 1 is 0.938 bits per heavy atom. The second-order valence-corrected chi connectivity index (χ2v) is 8.47. The van der Waals surface area contributed by atoms with Crippen LogP contribution in [0.25, 0.3) is 0 Å². The Morgan fingerprint density at radius 3 is 2.09 bits per heavy atom. The van der Waals surface area contributed by atoms with Crippen LogP contribution in [0.15, 0.2) is 65.7 Å². The number of imide groups is 1. The number of carbonyl (C=O) groups excluding carboxylic acids is 2. The molecule has 2 aromatic rings. The van der Waals surface area contributed by atoms with Crippen molar-refractivity contribution in [3.8, 4) is 0 Å². The monoisotopic (exact) mass is 433 g/mol. The molecule has 7 nitrogen and oxygen atoms in total. The predicted molar refractivity (Wildman–Crippen MR) is 125 cm³/mol. The predicted octanol–water partition coefficient (Wildman–Crippen LogP) is 3.08. The number of hydrogen-bond donors (Lipinski definition) is 1. The minimum absolute atomic E-state index is 0.259. The summed E-state index contributed by atoms with van der Waals surface area (Å²) in [6.07, 6.45) is 1.51. The second-order valence-electron chi connectivity index (χ2n) is 8.47. The Hall–Kier alpha value is -3.19. The Bertz CT molecular complexity index is 921. The van der Waals surface area contributed by atoms with E-state index in [1.54, 1.807) is 7.05 Å².